The van der Waals surface area contributed by atoms with Crippen LogP contribution in [0.15, 0.2) is 54.6 Å². The molecule has 0 bridgehead atoms. The number of amides is 1. The van der Waals surface area contributed by atoms with Crippen LogP contribution in [-0.2, 0) is 4.79 Å². The van der Waals surface area contributed by atoms with E-state index in [9.17, 15) is 4.79 Å². The largest absolute Gasteiger partial charge is 0.497 e. The summed E-state index contributed by atoms with van der Waals surface area (Å²) in [7, 11) is 1.62. The Bertz CT molecular complexity index is 643. The van der Waals surface area contributed by atoms with E-state index in [0.29, 0.717) is 18.8 Å². The van der Waals surface area contributed by atoms with Gasteiger partial charge in [0, 0.05) is 0 Å². The first kappa shape index (κ1) is 18.6. The fourth-order valence-electron chi connectivity index (χ4n) is 2.26. The first-order valence-corrected chi connectivity index (χ1v) is 8.41. The lowest BCUT2D eigenvalue weighted by Gasteiger charge is -2.20. The molecule has 2 aromatic rings. The Hall–Kier alpha value is -2.69. The average Bonchev–Trinajstić information content (AvgIpc) is 2.65. The predicted octanol–water partition coefficient (Wildman–Crippen LogP) is 3.44. The van der Waals surface area contributed by atoms with E-state index in [1.807, 2.05) is 68.4 Å². The minimum atomic E-state index is -0.522. The fraction of sp³-hybridized carbons (Fsp3) is 0.350. The van der Waals surface area contributed by atoms with E-state index in [2.05, 4.69) is 5.32 Å². The van der Waals surface area contributed by atoms with Gasteiger partial charge in [-0.25, -0.2) is 0 Å². The van der Waals surface area contributed by atoms with Crippen molar-refractivity contribution < 1.29 is 19.0 Å². The van der Waals surface area contributed by atoms with Crippen molar-refractivity contribution in [1.29, 1.82) is 0 Å². The number of hydrogen-bond acceptors (Lipinski definition) is 4. The maximum atomic E-state index is 12.4. The van der Waals surface area contributed by atoms with Crippen LogP contribution in [0.5, 0.6) is 17.2 Å². The summed E-state index contributed by atoms with van der Waals surface area (Å²) in [5, 5.41) is 2.93. The Labute approximate surface area is 148 Å². The standard InChI is InChI=1S/C20H25NO4/c1-4-19(25-18-8-6-5-7-9-18)20(22)21-15(2)14-24-17-12-10-16(23-3)11-13-17/h5-13,15,19H,4,14H2,1-3H3,(H,21,22)/t15-,19-/m1/s1. The maximum absolute atomic E-state index is 12.4. The topological polar surface area (TPSA) is 56.8 Å². The Morgan fingerprint density at radius 3 is 2.24 bits per heavy atom. The van der Waals surface area contributed by atoms with Gasteiger partial charge in [0.15, 0.2) is 6.10 Å². The van der Waals surface area contributed by atoms with Crippen LogP contribution in [-0.4, -0.2) is 31.8 Å². The molecule has 0 aliphatic rings. The number of ether oxygens (including phenoxy) is 3. The molecule has 0 aliphatic carbocycles. The first-order chi connectivity index (χ1) is 12.1. The van der Waals surface area contributed by atoms with Crippen LogP contribution in [0.25, 0.3) is 0 Å². The molecule has 2 aromatic carbocycles. The minimum Gasteiger partial charge on any atom is -0.497 e. The van der Waals surface area contributed by atoms with E-state index in [0.717, 1.165) is 11.5 Å². The van der Waals surface area contributed by atoms with Crippen LogP contribution < -0.4 is 19.5 Å². The number of carbonyl (C=O) groups is 1. The summed E-state index contributed by atoms with van der Waals surface area (Å²) in [6, 6.07) is 16.5. The van der Waals surface area contributed by atoms with Crippen LogP contribution in [0.2, 0.25) is 0 Å². The van der Waals surface area contributed by atoms with Crippen molar-refractivity contribution in [2.24, 2.45) is 0 Å². The molecule has 0 saturated heterocycles. The number of benzene rings is 2. The van der Waals surface area contributed by atoms with Crippen molar-refractivity contribution >= 4 is 5.91 Å². The van der Waals surface area contributed by atoms with E-state index in [-0.39, 0.29) is 11.9 Å². The molecule has 0 aliphatic heterocycles. The van der Waals surface area contributed by atoms with Gasteiger partial charge in [-0.05, 0) is 49.7 Å². The van der Waals surface area contributed by atoms with Gasteiger partial charge in [-0.2, -0.15) is 0 Å². The second-order valence-corrected chi connectivity index (χ2v) is 5.72. The number of hydrogen-bond donors (Lipinski definition) is 1. The summed E-state index contributed by atoms with van der Waals surface area (Å²) in [6.45, 7) is 4.20. The fourth-order valence-corrected chi connectivity index (χ4v) is 2.26. The van der Waals surface area contributed by atoms with Gasteiger partial charge in [0.05, 0.1) is 13.2 Å². The van der Waals surface area contributed by atoms with Gasteiger partial charge in [0.25, 0.3) is 5.91 Å². The SMILES string of the molecule is CC[C@@H](Oc1ccccc1)C(=O)N[C@H](C)COc1ccc(OC)cc1. The normalized spacial score (nSPS) is 12.8. The highest BCUT2D eigenvalue weighted by molar-refractivity contribution is 5.81. The smallest absolute Gasteiger partial charge is 0.261 e. The second kappa shape index (κ2) is 9.57. The molecule has 0 heterocycles. The highest BCUT2D eigenvalue weighted by Crippen LogP contribution is 2.17. The molecule has 0 fully saturated rings. The van der Waals surface area contributed by atoms with Crippen molar-refractivity contribution in [2.45, 2.75) is 32.4 Å². The van der Waals surface area contributed by atoms with Gasteiger partial charge < -0.3 is 19.5 Å². The van der Waals surface area contributed by atoms with Crippen LogP contribution in [0.4, 0.5) is 0 Å². The molecule has 25 heavy (non-hydrogen) atoms. The third kappa shape index (κ3) is 6.03. The molecule has 0 radical (unpaired) electrons. The van der Waals surface area contributed by atoms with Crippen molar-refractivity contribution in [3.05, 3.63) is 54.6 Å². The molecule has 134 valence electrons. The first-order valence-electron chi connectivity index (χ1n) is 8.41. The molecule has 5 heteroatoms. The molecule has 0 spiro atoms. The summed E-state index contributed by atoms with van der Waals surface area (Å²) < 4.78 is 16.5. The van der Waals surface area contributed by atoms with Crippen molar-refractivity contribution in [3.8, 4) is 17.2 Å². The zero-order valence-corrected chi connectivity index (χ0v) is 14.9. The second-order valence-electron chi connectivity index (χ2n) is 5.72. The Morgan fingerprint density at radius 1 is 1.00 bits per heavy atom. The summed E-state index contributed by atoms with van der Waals surface area (Å²) in [5.41, 5.74) is 0. The summed E-state index contributed by atoms with van der Waals surface area (Å²) >= 11 is 0. The Balaban J connectivity index is 1.81. The number of para-hydroxylation sites is 1. The molecule has 0 aromatic heterocycles. The Morgan fingerprint density at radius 2 is 1.64 bits per heavy atom. The number of nitrogens with one attached hydrogen (secondary N) is 1. The van der Waals surface area contributed by atoms with Crippen molar-refractivity contribution in [1.82, 2.24) is 5.32 Å². The summed E-state index contributed by atoms with van der Waals surface area (Å²) in [4.78, 5) is 12.4. The minimum absolute atomic E-state index is 0.136. The van der Waals surface area contributed by atoms with Gasteiger partial charge in [0.2, 0.25) is 0 Å². The molecule has 2 rings (SSSR count). The number of carbonyl (C=O) groups excluding carboxylic acids is 1. The molecular formula is C20H25NO4. The van der Waals surface area contributed by atoms with Gasteiger partial charge in [-0.3, -0.25) is 4.79 Å². The van der Waals surface area contributed by atoms with E-state index in [1.165, 1.54) is 0 Å². The number of rotatable bonds is 9. The zero-order chi connectivity index (χ0) is 18.1. The highest BCUT2D eigenvalue weighted by atomic mass is 16.5. The number of methoxy groups -OCH3 is 1. The molecule has 0 saturated carbocycles. The van der Waals surface area contributed by atoms with Gasteiger partial charge in [-0.15, -0.1) is 0 Å². The predicted molar refractivity (Wildman–Crippen MR) is 97.2 cm³/mol. The quantitative estimate of drug-likeness (QED) is 0.758. The molecule has 1 N–H and O–H groups in total. The summed E-state index contributed by atoms with van der Waals surface area (Å²) in [6.07, 6.45) is 0.0677. The van der Waals surface area contributed by atoms with Crippen molar-refractivity contribution in [2.75, 3.05) is 13.7 Å². The molecule has 1 amide bonds. The summed E-state index contributed by atoms with van der Waals surface area (Å²) in [5.74, 6) is 2.05. The lowest BCUT2D eigenvalue weighted by molar-refractivity contribution is -0.128. The van der Waals surface area contributed by atoms with E-state index in [4.69, 9.17) is 14.2 Å². The van der Waals surface area contributed by atoms with E-state index in [1.54, 1.807) is 7.11 Å². The van der Waals surface area contributed by atoms with Crippen LogP contribution in [0, 0.1) is 0 Å². The molecular weight excluding hydrogens is 318 g/mol. The van der Waals surface area contributed by atoms with Crippen LogP contribution in [0.1, 0.15) is 20.3 Å². The average molecular weight is 343 g/mol. The molecule has 2 atom stereocenters. The lowest BCUT2D eigenvalue weighted by Crippen LogP contribution is -2.44. The third-order valence-electron chi connectivity index (χ3n) is 3.63. The van der Waals surface area contributed by atoms with Crippen molar-refractivity contribution in [3.63, 3.8) is 0 Å². The zero-order valence-electron chi connectivity index (χ0n) is 14.9. The van der Waals surface area contributed by atoms with Gasteiger partial charge >= 0.3 is 0 Å². The highest BCUT2D eigenvalue weighted by Gasteiger charge is 2.20. The maximum Gasteiger partial charge on any atom is 0.261 e. The van der Waals surface area contributed by atoms with Gasteiger partial charge in [-0.1, -0.05) is 25.1 Å². The van der Waals surface area contributed by atoms with E-state index >= 15 is 0 Å². The lowest BCUT2D eigenvalue weighted by atomic mass is 10.2. The molecule has 5 nitrogen and oxygen atoms in total. The van der Waals surface area contributed by atoms with Crippen LogP contribution >= 0.6 is 0 Å². The monoisotopic (exact) mass is 343 g/mol. The van der Waals surface area contributed by atoms with Gasteiger partial charge in [0.1, 0.15) is 23.9 Å². The third-order valence-corrected chi connectivity index (χ3v) is 3.63. The Kier molecular flexibility index (Phi) is 7.14. The molecule has 0 unspecified atom stereocenters. The van der Waals surface area contributed by atoms with Crippen LogP contribution in [0.3, 0.4) is 0 Å². The van der Waals surface area contributed by atoms with E-state index < -0.39 is 6.10 Å².